The molecule has 0 radical (unpaired) electrons. The van der Waals surface area contributed by atoms with Crippen LogP contribution in [0.1, 0.15) is 28.4 Å². The quantitative estimate of drug-likeness (QED) is 0.424. The minimum absolute atomic E-state index is 0.184. The lowest BCUT2D eigenvalue weighted by Gasteiger charge is -2.15. The summed E-state index contributed by atoms with van der Waals surface area (Å²) in [5, 5.41) is 13.1. The molecule has 0 fully saturated rings. The van der Waals surface area contributed by atoms with Gasteiger partial charge in [0.2, 0.25) is 0 Å². The minimum atomic E-state index is -0.994. The van der Waals surface area contributed by atoms with Gasteiger partial charge in [0.15, 0.2) is 11.5 Å². The highest BCUT2D eigenvalue weighted by Gasteiger charge is 2.11. The second kappa shape index (κ2) is 10.6. The topological polar surface area (TPSA) is 77.0 Å². The molecule has 0 saturated carbocycles. The smallest absolute Gasteiger partial charge is 0.335 e. The molecule has 0 saturated heterocycles. The number of hydrogen-bond acceptors (Lipinski definition) is 5. The van der Waals surface area contributed by atoms with Crippen molar-refractivity contribution in [2.45, 2.75) is 20.1 Å². The van der Waals surface area contributed by atoms with E-state index in [1.807, 2.05) is 49.4 Å². The van der Waals surface area contributed by atoms with Crippen LogP contribution in [0.15, 0.2) is 60.7 Å². The fourth-order valence-electron chi connectivity index (χ4n) is 2.97. The van der Waals surface area contributed by atoms with Gasteiger partial charge in [-0.3, -0.25) is 0 Å². The molecule has 7 heteroatoms. The maximum Gasteiger partial charge on any atom is 0.335 e. The van der Waals surface area contributed by atoms with Gasteiger partial charge in [0.1, 0.15) is 12.4 Å². The minimum Gasteiger partial charge on any atom is -0.495 e. The number of carboxylic acids is 1. The highest BCUT2D eigenvalue weighted by atomic mass is 35.5. The van der Waals surface area contributed by atoms with E-state index in [1.54, 1.807) is 19.2 Å². The first-order valence-electron chi connectivity index (χ1n) is 9.78. The fraction of sp³-hybridized carbons (Fsp3) is 0.208. The van der Waals surface area contributed by atoms with E-state index in [2.05, 4.69) is 5.32 Å². The largest absolute Gasteiger partial charge is 0.495 e. The summed E-state index contributed by atoms with van der Waals surface area (Å²) >= 11 is 5.93. The number of hydrogen-bond donors (Lipinski definition) is 2. The van der Waals surface area contributed by atoms with Crippen molar-refractivity contribution >= 4 is 23.3 Å². The van der Waals surface area contributed by atoms with Crippen LogP contribution in [0.25, 0.3) is 0 Å². The molecule has 2 N–H and O–H groups in total. The third-order valence-electron chi connectivity index (χ3n) is 4.54. The van der Waals surface area contributed by atoms with Gasteiger partial charge in [0.25, 0.3) is 0 Å². The summed E-state index contributed by atoms with van der Waals surface area (Å²) in [5.74, 6) is 0.859. The van der Waals surface area contributed by atoms with Gasteiger partial charge in [-0.25, -0.2) is 4.79 Å². The maximum atomic E-state index is 11.3. The molecule has 0 unspecified atom stereocenters. The normalized spacial score (nSPS) is 10.4. The lowest BCUT2D eigenvalue weighted by molar-refractivity contribution is 0.0697. The van der Waals surface area contributed by atoms with Crippen molar-refractivity contribution in [3.05, 3.63) is 82.4 Å². The number of aromatic carboxylic acids is 1. The van der Waals surface area contributed by atoms with Gasteiger partial charge in [-0.15, -0.1) is 0 Å². The molecule has 0 aliphatic rings. The van der Waals surface area contributed by atoms with Crippen molar-refractivity contribution in [3.63, 3.8) is 0 Å². The highest BCUT2D eigenvalue weighted by molar-refractivity contribution is 6.30. The molecule has 162 valence electrons. The van der Waals surface area contributed by atoms with Gasteiger partial charge in [0.05, 0.1) is 25.0 Å². The summed E-state index contributed by atoms with van der Waals surface area (Å²) in [6.07, 6.45) is 0. The number of anilines is 1. The lowest BCUT2D eigenvalue weighted by atomic mass is 10.1. The standard InChI is InChI=1S/C24H24ClNO5/c1-3-30-23-12-17(6-10-22(23)31-15-16-4-8-19(25)9-5-16)14-26-20-13-18(24(27)28)7-11-21(20)29-2/h4-13,26H,3,14-15H2,1-2H3,(H,27,28). The van der Waals surface area contributed by atoms with Crippen molar-refractivity contribution in [2.24, 2.45) is 0 Å². The average Bonchev–Trinajstić information content (AvgIpc) is 2.78. The Morgan fingerprint density at radius 1 is 0.935 bits per heavy atom. The van der Waals surface area contributed by atoms with Crippen LogP contribution in [0.2, 0.25) is 5.02 Å². The van der Waals surface area contributed by atoms with E-state index in [0.717, 1.165) is 11.1 Å². The van der Waals surface area contributed by atoms with Crippen LogP contribution in [-0.2, 0) is 13.2 Å². The molecule has 3 aromatic carbocycles. The average molecular weight is 442 g/mol. The zero-order valence-electron chi connectivity index (χ0n) is 17.4. The predicted molar refractivity (Wildman–Crippen MR) is 121 cm³/mol. The maximum absolute atomic E-state index is 11.3. The Balaban J connectivity index is 1.72. The molecule has 0 aromatic heterocycles. The van der Waals surface area contributed by atoms with E-state index in [4.69, 9.17) is 25.8 Å². The second-order valence-corrected chi connectivity index (χ2v) is 7.14. The Labute approximate surface area is 186 Å². The number of nitrogens with one attached hydrogen (secondary N) is 1. The molecular formula is C24H24ClNO5. The van der Waals surface area contributed by atoms with Crippen LogP contribution in [0.4, 0.5) is 5.69 Å². The Morgan fingerprint density at radius 2 is 1.65 bits per heavy atom. The Hall–Kier alpha value is -3.38. The number of carboxylic acid groups (broad SMARTS) is 1. The molecule has 0 heterocycles. The van der Waals surface area contributed by atoms with Crippen molar-refractivity contribution in [1.82, 2.24) is 0 Å². The summed E-state index contributed by atoms with van der Waals surface area (Å²) in [5.41, 5.74) is 2.74. The molecule has 3 rings (SSSR count). The van der Waals surface area contributed by atoms with Crippen molar-refractivity contribution in [1.29, 1.82) is 0 Å². The van der Waals surface area contributed by atoms with Crippen LogP contribution < -0.4 is 19.5 Å². The predicted octanol–water partition coefficient (Wildman–Crippen LogP) is 5.64. The first-order valence-corrected chi connectivity index (χ1v) is 10.2. The summed E-state index contributed by atoms with van der Waals surface area (Å²) in [6.45, 7) is 3.27. The zero-order valence-corrected chi connectivity index (χ0v) is 18.1. The van der Waals surface area contributed by atoms with Crippen LogP contribution >= 0.6 is 11.6 Å². The molecule has 3 aromatic rings. The molecule has 0 aliphatic heterocycles. The summed E-state index contributed by atoms with van der Waals surface area (Å²) < 4.78 is 17.0. The number of benzene rings is 3. The SMILES string of the molecule is CCOc1cc(CNc2cc(C(=O)O)ccc2OC)ccc1OCc1ccc(Cl)cc1. The van der Waals surface area contributed by atoms with Crippen LogP contribution in [-0.4, -0.2) is 24.8 Å². The van der Waals surface area contributed by atoms with Crippen LogP contribution in [0, 0.1) is 0 Å². The molecule has 0 spiro atoms. The Bertz CT molecular complexity index is 1040. The summed E-state index contributed by atoms with van der Waals surface area (Å²) in [4.78, 5) is 11.3. The number of carbonyl (C=O) groups is 1. The Kier molecular flexibility index (Phi) is 7.62. The zero-order chi connectivity index (χ0) is 22.2. The van der Waals surface area contributed by atoms with Crippen molar-refractivity contribution in [3.8, 4) is 17.2 Å². The van der Waals surface area contributed by atoms with E-state index >= 15 is 0 Å². The fourth-order valence-corrected chi connectivity index (χ4v) is 3.09. The number of ether oxygens (including phenoxy) is 3. The molecule has 0 atom stereocenters. The Morgan fingerprint density at radius 3 is 2.32 bits per heavy atom. The first-order chi connectivity index (χ1) is 15.0. The molecule has 0 aliphatic carbocycles. The second-order valence-electron chi connectivity index (χ2n) is 6.70. The van der Waals surface area contributed by atoms with Crippen LogP contribution in [0.5, 0.6) is 17.2 Å². The van der Waals surface area contributed by atoms with E-state index in [0.29, 0.717) is 47.7 Å². The third-order valence-corrected chi connectivity index (χ3v) is 4.80. The van der Waals surface area contributed by atoms with Gasteiger partial charge in [-0.05, 0) is 60.5 Å². The van der Waals surface area contributed by atoms with Gasteiger partial charge in [-0.2, -0.15) is 0 Å². The van der Waals surface area contributed by atoms with E-state index in [1.165, 1.54) is 6.07 Å². The lowest BCUT2D eigenvalue weighted by Crippen LogP contribution is -2.05. The molecule has 0 bridgehead atoms. The van der Waals surface area contributed by atoms with Crippen molar-refractivity contribution in [2.75, 3.05) is 19.0 Å². The van der Waals surface area contributed by atoms with Crippen LogP contribution in [0.3, 0.4) is 0 Å². The highest BCUT2D eigenvalue weighted by Crippen LogP contribution is 2.31. The number of rotatable bonds is 10. The molecule has 6 nitrogen and oxygen atoms in total. The van der Waals surface area contributed by atoms with Crippen molar-refractivity contribution < 1.29 is 24.1 Å². The van der Waals surface area contributed by atoms with E-state index < -0.39 is 5.97 Å². The van der Waals surface area contributed by atoms with Gasteiger partial charge in [-0.1, -0.05) is 29.8 Å². The first kappa shape index (κ1) is 22.3. The monoisotopic (exact) mass is 441 g/mol. The molecule has 31 heavy (non-hydrogen) atoms. The van der Waals surface area contributed by atoms with Gasteiger partial charge >= 0.3 is 5.97 Å². The van der Waals surface area contributed by atoms with E-state index in [9.17, 15) is 9.90 Å². The summed E-state index contributed by atoms with van der Waals surface area (Å²) in [7, 11) is 1.54. The van der Waals surface area contributed by atoms with Gasteiger partial charge < -0.3 is 24.6 Å². The summed E-state index contributed by atoms with van der Waals surface area (Å²) in [6, 6.07) is 17.9. The number of halogens is 1. The third kappa shape index (κ3) is 6.06. The number of methoxy groups -OCH3 is 1. The molecular weight excluding hydrogens is 418 g/mol. The van der Waals surface area contributed by atoms with E-state index in [-0.39, 0.29) is 5.56 Å². The molecule has 0 amide bonds. The van der Waals surface area contributed by atoms with Gasteiger partial charge in [0, 0.05) is 11.6 Å².